The van der Waals surface area contributed by atoms with E-state index < -0.39 is 0 Å². The van der Waals surface area contributed by atoms with Crippen LogP contribution in [-0.4, -0.2) is 33.2 Å². The van der Waals surface area contributed by atoms with Gasteiger partial charge in [-0.3, -0.25) is 4.79 Å². The highest BCUT2D eigenvalue weighted by molar-refractivity contribution is 6.39. The van der Waals surface area contributed by atoms with Crippen molar-refractivity contribution in [3.63, 3.8) is 0 Å². The summed E-state index contributed by atoms with van der Waals surface area (Å²) in [4.78, 5) is 13.8. The number of quaternary nitrogens is 1. The minimum Gasteiger partial charge on any atom is -0.497 e. The topological polar surface area (TPSA) is 52.0 Å². The van der Waals surface area contributed by atoms with E-state index in [2.05, 4.69) is 5.32 Å². The van der Waals surface area contributed by atoms with Crippen LogP contribution in [0.1, 0.15) is 24.4 Å². The number of anilines is 1. The van der Waals surface area contributed by atoms with Gasteiger partial charge in [-0.05, 0) is 30.3 Å². The Labute approximate surface area is 169 Å². The molecule has 2 N–H and O–H groups in total. The number of carbonyl (C=O) groups excluding carboxylic acids is 1. The van der Waals surface area contributed by atoms with E-state index in [9.17, 15) is 4.79 Å². The molecular formula is C20H23Cl2N2O3+. The van der Waals surface area contributed by atoms with Crippen LogP contribution < -0.4 is 19.7 Å². The number of benzene rings is 2. The summed E-state index contributed by atoms with van der Waals surface area (Å²) in [6.07, 6.45) is 2.03. The van der Waals surface area contributed by atoms with Gasteiger partial charge in [0.2, 0.25) is 0 Å². The zero-order valence-corrected chi connectivity index (χ0v) is 16.9. The lowest BCUT2D eigenvalue weighted by atomic mass is 10.0. The molecule has 1 unspecified atom stereocenters. The van der Waals surface area contributed by atoms with E-state index in [0.29, 0.717) is 22.3 Å². The lowest BCUT2D eigenvalue weighted by Gasteiger charge is -2.23. The molecule has 0 saturated carbocycles. The second kappa shape index (κ2) is 8.83. The summed E-state index contributed by atoms with van der Waals surface area (Å²) in [7, 11) is 3.30. The number of carbonyl (C=O) groups is 1. The van der Waals surface area contributed by atoms with E-state index in [1.165, 1.54) is 4.90 Å². The fourth-order valence-electron chi connectivity index (χ4n) is 3.62. The number of hydrogen-bond donors (Lipinski definition) is 2. The van der Waals surface area contributed by atoms with Gasteiger partial charge in [-0.15, -0.1) is 0 Å². The standard InChI is InChI=1S/C20H22Cl2N2O3/c1-26-13-8-9-18(27-2)14(11-13)17-7-4-10-24(17)12-19(25)23-20-15(21)5-3-6-16(20)22/h3,5-6,8-9,11,17H,4,7,10,12H2,1-2H3,(H,23,25)/p+1/t17-/m1/s1. The van der Waals surface area contributed by atoms with Crippen LogP contribution in [0.25, 0.3) is 0 Å². The van der Waals surface area contributed by atoms with Gasteiger partial charge in [0.05, 0.1) is 42.1 Å². The predicted molar refractivity (Wildman–Crippen MR) is 107 cm³/mol. The van der Waals surface area contributed by atoms with Crippen LogP contribution in [0.4, 0.5) is 5.69 Å². The van der Waals surface area contributed by atoms with Crippen molar-refractivity contribution in [3.05, 3.63) is 52.0 Å². The second-order valence-electron chi connectivity index (χ2n) is 6.53. The fourth-order valence-corrected chi connectivity index (χ4v) is 4.11. The van der Waals surface area contributed by atoms with Crippen molar-refractivity contribution in [3.8, 4) is 11.5 Å². The number of likely N-dealkylation sites (tertiary alicyclic amines) is 1. The van der Waals surface area contributed by atoms with Crippen molar-refractivity contribution in [1.82, 2.24) is 0 Å². The molecule has 7 heteroatoms. The Morgan fingerprint density at radius 3 is 2.59 bits per heavy atom. The maximum atomic E-state index is 12.6. The van der Waals surface area contributed by atoms with Gasteiger partial charge in [-0.25, -0.2) is 0 Å². The van der Waals surface area contributed by atoms with Crippen LogP contribution in [0.2, 0.25) is 10.0 Å². The molecule has 27 heavy (non-hydrogen) atoms. The second-order valence-corrected chi connectivity index (χ2v) is 7.35. The molecule has 0 spiro atoms. The third kappa shape index (κ3) is 4.49. The van der Waals surface area contributed by atoms with E-state index in [1.54, 1.807) is 32.4 Å². The van der Waals surface area contributed by atoms with Gasteiger partial charge in [0.15, 0.2) is 6.54 Å². The smallest absolute Gasteiger partial charge is 0.279 e. The normalized spacial score (nSPS) is 19.0. The molecule has 144 valence electrons. The monoisotopic (exact) mass is 409 g/mol. The van der Waals surface area contributed by atoms with Gasteiger partial charge >= 0.3 is 0 Å². The average Bonchev–Trinajstić information content (AvgIpc) is 3.12. The summed E-state index contributed by atoms with van der Waals surface area (Å²) in [5.74, 6) is 1.48. The minimum atomic E-state index is -0.117. The van der Waals surface area contributed by atoms with Crippen molar-refractivity contribution in [2.45, 2.75) is 18.9 Å². The highest BCUT2D eigenvalue weighted by Gasteiger charge is 2.34. The number of amides is 1. The Morgan fingerprint density at radius 2 is 1.93 bits per heavy atom. The summed E-state index contributed by atoms with van der Waals surface area (Å²) in [6.45, 7) is 1.24. The highest BCUT2D eigenvalue weighted by Crippen LogP contribution is 2.32. The largest absolute Gasteiger partial charge is 0.497 e. The van der Waals surface area contributed by atoms with Crippen LogP contribution in [0.3, 0.4) is 0 Å². The predicted octanol–water partition coefficient (Wildman–Crippen LogP) is 3.37. The maximum Gasteiger partial charge on any atom is 0.279 e. The molecule has 3 rings (SSSR count). The molecule has 2 aromatic rings. The molecular weight excluding hydrogens is 387 g/mol. The van der Waals surface area contributed by atoms with Gasteiger partial charge in [0.25, 0.3) is 5.91 Å². The summed E-state index contributed by atoms with van der Waals surface area (Å²) < 4.78 is 10.9. The fraction of sp³-hybridized carbons (Fsp3) is 0.350. The van der Waals surface area contributed by atoms with Gasteiger partial charge in [-0.1, -0.05) is 29.3 Å². The van der Waals surface area contributed by atoms with E-state index in [1.807, 2.05) is 18.2 Å². The Bertz CT molecular complexity index is 809. The highest BCUT2D eigenvalue weighted by atomic mass is 35.5. The van der Waals surface area contributed by atoms with E-state index in [0.717, 1.165) is 36.4 Å². The summed E-state index contributed by atoms with van der Waals surface area (Å²) in [5, 5.41) is 3.71. The number of halogens is 2. The molecule has 5 nitrogen and oxygen atoms in total. The third-order valence-electron chi connectivity index (χ3n) is 4.91. The van der Waals surface area contributed by atoms with E-state index in [4.69, 9.17) is 32.7 Å². The molecule has 1 heterocycles. The molecule has 2 atom stereocenters. The van der Waals surface area contributed by atoms with Crippen LogP contribution in [0, 0.1) is 0 Å². The molecule has 1 amide bonds. The number of hydrogen-bond acceptors (Lipinski definition) is 3. The van der Waals surface area contributed by atoms with Crippen LogP contribution >= 0.6 is 23.2 Å². The zero-order chi connectivity index (χ0) is 19.4. The van der Waals surface area contributed by atoms with Gasteiger partial charge in [0, 0.05) is 12.8 Å². The van der Waals surface area contributed by atoms with Crippen molar-refractivity contribution < 1.29 is 19.2 Å². The van der Waals surface area contributed by atoms with Crippen LogP contribution in [0.15, 0.2) is 36.4 Å². The minimum absolute atomic E-state index is 0.117. The van der Waals surface area contributed by atoms with Crippen molar-refractivity contribution in [2.75, 3.05) is 32.6 Å². The lowest BCUT2D eigenvalue weighted by molar-refractivity contribution is -0.910. The zero-order valence-electron chi connectivity index (χ0n) is 15.4. The molecule has 1 saturated heterocycles. The molecule has 1 aliphatic rings. The summed E-state index contributed by atoms with van der Waals surface area (Å²) in [5.41, 5.74) is 1.52. The first-order valence-electron chi connectivity index (χ1n) is 8.84. The number of nitrogens with one attached hydrogen (secondary N) is 2. The molecule has 1 fully saturated rings. The number of rotatable bonds is 6. The van der Waals surface area contributed by atoms with Gasteiger partial charge in [0.1, 0.15) is 17.5 Å². The van der Waals surface area contributed by atoms with E-state index >= 15 is 0 Å². The Balaban J connectivity index is 1.76. The van der Waals surface area contributed by atoms with Crippen LogP contribution in [-0.2, 0) is 4.79 Å². The molecule has 0 aromatic heterocycles. The average molecular weight is 410 g/mol. The number of methoxy groups -OCH3 is 2. The summed E-state index contributed by atoms with van der Waals surface area (Å²) >= 11 is 12.3. The molecule has 0 bridgehead atoms. The van der Waals surface area contributed by atoms with Crippen molar-refractivity contribution in [2.24, 2.45) is 0 Å². The lowest BCUT2D eigenvalue weighted by Crippen LogP contribution is -3.11. The number of ether oxygens (including phenoxy) is 2. The van der Waals surface area contributed by atoms with Gasteiger partial charge in [-0.2, -0.15) is 0 Å². The Hall–Kier alpha value is -1.95. The van der Waals surface area contributed by atoms with Crippen molar-refractivity contribution >= 4 is 34.8 Å². The summed E-state index contributed by atoms with van der Waals surface area (Å²) in [6, 6.07) is 11.1. The van der Waals surface area contributed by atoms with E-state index in [-0.39, 0.29) is 11.9 Å². The SMILES string of the molecule is COc1ccc(OC)c([C@H]2CCC[NH+]2CC(=O)Nc2c(Cl)cccc2Cl)c1. The molecule has 1 aliphatic heterocycles. The molecule has 2 aromatic carbocycles. The Kier molecular flexibility index (Phi) is 6.47. The first-order chi connectivity index (χ1) is 13.0. The van der Waals surface area contributed by atoms with Gasteiger partial charge < -0.3 is 19.7 Å². The molecule has 0 radical (unpaired) electrons. The van der Waals surface area contributed by atoms with Crippen molar-refractivity contribution in [1.29, 1.82) is 0 Å². The Morgan fingerprint density at radius 1 is 1.19 bits per heavy atom. The molecule has 0 aliphatic carbocycles. The quantitative estimate of drug-likeness (QED) is 0.768. The number of para-hydroxylation sites is 1. The van der Waals surface area contributed by atoms with Crippen LogP contribution in [0.5, 0.6) is 11.5 Å². The first kappa shape index (κ1) is 19.8. The third-order valence-corrected chi connectivity index (χ3v) is 5.54. The first-order valence-corrected chi connectivity index (χ1v) is 9.59. The maximum absolute atomic E-state index is 12.6.